The first-order chi connectivity index (χ1) is 10.8. The van der Waals surface area contributed by atoms with Crippen LogP contribution in [-0.2, 0) is 0 Å². The third-order valence-corrected chi connectivity index (χ3v) is 3.95. The van der Waals surface area contributed by atoms with Crippen molar-refractivity contribution in [3.8, 4) is 11.6 Å². The lowest BCUT2D eigenvalue weighted by Gasteiger charge is -2.06. The van der Waals surface area contributed by atoms with Crippen LogP contribution in [0.4, 0.5) is 0 Å². The molecule has 3 aromatic carbocycles. The van der Waals surface area contributed by atoms with Crippen molar-refractivity contribution in [2.75, 3.05) is 0 Å². The van der Waals surface area contributed by atoms with Crippen LogP contribution in [-0.4, -0.2) is 9.97 Å². The Morgan fingerprint density at radius 3 is 2.23 bits per heavy atom. The molecule has 0 atom stereocenters. The quantitative estimate of drug-likeness (QED) is 0.458. The monoisotopic (exact) mass is 350 g/mol. The van der Waals surface area contributed by atoms with Gasteiger partial charge in [-0.3, -0.25) is 0 Å². The Labute approximate surface area is 135 Å². The van der Waals surface area contributed by atoms with Crippen LogP contribution in [0.5, 0.6) is 11.6 Å². The van der Waals surface area contributed by atoms with Crippen molar-refractivity contribution >= 4 is 37.7 Å². The Kier molecular flexibility index (Phi) is 3.24. The van der Waals surface area contributed by atoms with Gasteiger partial charge in [-0.15, -0.1) is 0 Å². The van der Waals surface area contributed by atoms with Gasteiger partial charge in [-0.05, 0) is 47.2 Å². The number of halogens is 1. The molecule has 0 unspecified atom stereocenters. The second-order valence-corrected chi connectivity index (χ2v) is 5.87. The number of aromatic nitrogens is 2. The molecular formula is C18H11BrN2O. The predicted molar refractivity (Wildman–Crippen MR) is 91.3 cm³/mol. The Balaban J connectivity index is 1.76. The molecule has 0 aliphatic rings. The lowest BCUT2D eigenvalue weighted by molar-refractivity contribution is 0.462. The highest BCUT2D eigenvalue weighted by Gasteiger charge is 2.04. The molecule has 0 fully saturated rings. The standard InChI is InChI=1S/C18H11BrN2O/c19-14-5-7-15(8-6-14)22-18-11-20-16-9-12-3-1-2-4-13(12)10-17(16)21-18/h1-11H. The number of hydrogen-bond acceptors (Lipinski definition) is 3. The maximum atomic E-state index is 5.76. The molecule has 0 radical (unpaired) electrons. The van der Waals surface area contributed by atoms with Crippen molar-refractivity contribution in [2.24, 2.45) is 0 Å². The van der Waals surface area contributed by atoms with Gasteiger partial charge in [0.2, 0.25) is 5.88 Å². The van der Waals surface area contributed by atoms with Crippen molar-refractivity contribution in [2.45, 2.75) is 0 Å². The van der Waals surface area contributed by atoms with Crippen LogP contribution in [0.3, 0.4) is 0 Å². The fraction of sp³-hybridized carbons (Fsp3) is 0. The lowest BCUT2D eigenvalue weighted by Crippen LogP contribution is -1.91. The van der Waals surface area contributed by atoms with E-state index < -0.39 is 0 Å². The van der Waals surface area contributed by atoms with E-state index >= 15 is 0 Å². The minimum Gasteiger partial charge on any atom is -0.437 e. The van der Waals surface area contributed by atoms with Gasteiger partial charge in [0, 0.05) is 4.47 Å². The van der Waals surface area contributed by atoms with Crippen LogP contribution in [0.2, 0.25) is 0 Å². The molecular weight excluding hydrogens is 340 g/mol. The van der Waals surface area contributed by atoms with Gasteiger partial charge in [0.25, 0.3) is 0 Å². The molecule has 106 valence electrons. The van der Waals surface area contributed by atoms with Gasteiger partial charge in [-0.25, -0.2) is 9.97 Å². The normalized spacial score (nSPS) is 11.0. The molecule has 0 N–H and O–H groups in total. The van der Waals surface area contributed by atoms with Crippen LogP contribution in [0, 0.1) is 0 Å². The summed E-state index contributed by atoms with van der Waals surface area (Å²) in [4.78, 5) is 8.99. The van der Waals surface area contributed by atoms with E-state index in [2.05, 4.69) is 38.0 Å². The van der Waals surface area contributed by atoms with E-state index in [4.69, 9.17) is 4.74 Å². The van der Waals surface area contributed by atoms with E-state index in [1.807, 2.05) is 48.5 Å². The molecule has 4 heteroatoms. The van der Waals surface area contributed by atoms with Gasteiger partial charge in [0.05, 0.1) is 17.2 Å². The van der Waals surface area contributed by atoms with E-state index in [9.17, 15) is 0 Å². The highest BCUT2D eigenvalue weighted by Crippen LogP contribution is 2.25. The molecule has 0 spiro atoms. The molecule has 1 heterocycles. The smallest absolute Gasteiger partial charge is 0.238 e. The lowest BCUT2D eigenvalue weighted by atomic mass is 10.1. The molecule has 0 amide bonds. The molecule has 0 aliphatic carbocycles. The van der Waals surface area contributed by atoms with Crippen LogP contribution in [0.1, 0.15) is 0 Å². The molecule has 22 heavy (non-hydrogen) atoms. The zero-order chi connectivity index (χ0) is 14.9. The van der Waals surface area contributed by atoms with E-state index in [-0.39, 0.29) is 0 Å². The Hall–Kier alpha value is -2.46. The predicted octanol–water partition coefficient (Wildman–Crippen LogP) is 5.34. The zero-order valence-corrected chi connectivity index (χ0v) is 13.1. The highest BCUT2D eigenvalue weighted by molar-refractivity contribution is 9.10. The Morgan fingerprint density at radius 1 is 0.818 bits per heavy atom. The van der Waals surface area contributed by atoms with Gasteiger partial charge in [0.1, 0.15) is 5.75 Å². The summed E-state index contributed by atoms with van der Waals surface area (Å²) in [6.45, 7) is 0. The summed E-state index contributed by atoms with van der Waals surface area (Å²) in [5, 5.41) is 2.30. The van der Waals surface area contributed by atoms with E-state index in [1.165, 1.54) is 0 Å². The molecule has 3 nitrogen and oxygen atoms in total. The van der Waals surface area contributed by atoms with Crippen molar-refractivity contribution in [3.05, 3.63) is 71.3 Å². The average Bonchev–Trinajstić information content (AvgIpc) is 2.55. The van der Waals surface area contributed by atoms with Gasteiger partial charge >= 0.3 is 0 Å². The fourth-order valence-electron chi connectivity index (χ4n) is 2.35. The number of ether oxygens (including phenoxy) is 1. The maximum Gasteiger partial charge on any atom is 0.238 e. The Bertz CT molecular complexity index is 967. The van der Waals surface area contributed by atoms with Gasteiger partial charge in [-0.2, -0.15) is 0 Å². The third-order valence-electron chi connectivity index (χ3n) is 3.42. The first kappa shape index (κ1) is 13.2. The number of hydrogen-bond donors (Lipinski definition) is 0. The SMILES string of the molecule is Brc1ccc(Oc2cnc3cc4ccccc4cc3n2)cc1. The Morgan fingerprint density at radius 2 is 1.50 bits per heavy atom. The fourth-order valence-corrected chi connectivity index (χ4v) is 2.62. The summed E-state index contributed by atoms with van der Waals surface area (Å²) in [5.74, 6) is 1.22. The number of fused-ring (bicyclic) bond motifs is 2. The van der Waals surface area contributed by atoms with Crippen molar-refractivity contribution in [1.82, 2.24) is 9.97 Å². The molecule has 0 aliphatic heterocycles. The van der Waals surface area contributed by atoms with Gasteiger partial charge in [-0.1, -0.05) is 40.2 Å². The van der Waals surface area contributed by atoms with E-state index in [0.717, 1.165) is 32.0 Å². The summed E-state index contributed by atoms with van der Waals surface area (Å²) in [6, 6.07) is 19.9. The third kappa shape index (κ3) is 2.53. The first-order valence-corrected chi connectivity index (χ1v) is 7.66. The molecule has 4 rings (SSSR count). The molecule has 0 saturated heterocycles. The summed E-state index contributed by atoms with van der Waals surface area (Å²) in [5.41, 5.74) is 1.69. The number of benzene rings is 3. The molecule has 0 saturated carbocycles. The van der Waals surface area contributed by atoms with Crippen molar-refractivity contribution in [1.29, 1.82) is 0 Å². The van der Waals surface area contributed by atoms with E-state index in [1.54, 1.807) is 6.20 Å². The first-order valence-electron chi connectivity index (χ1n) is 6.87. The second-order valence-electron chi connectivity index (χ2n) is 4.95. The molecule has 4 aromatic rings. The van der Waals surface area contributed by atoms with Crippen LogP contribution in [0.15, 0.2) is 71.3 Å². The minimum absolute atomic E-state index is 0.491. The minimum atomic E-state index is 0.491. The second kappa shape index (κ2) is 5.39. The van der Waals surface area contributed by atoms with Crippen LogP contribution >= 0.6 is 15.9 Å². The zero-order valence-electron chi connectivity index (χ0n) is 11.5. The van der Waals surface area contributed by atoms with Crippen LogP contribution < -0.4 is 4.74 Å². The summed E-state index contributed by atoms with van der Waals surface area (Å²) in [6.07, 6.45) is 1.65. The summed E-state index contributed by atoms with van der Waals surface area (Å²) < 4.78 is 6.77. The average molecular weight is 351 g/mol. The number of rotatable bonds is 2. The largest absolute Gasteiger partial charge is 0.437 e. The van der Waals surface area contributed by atoms with Crippen molar-refractivity contribution < 1.29 is 4.74 Å². The highest BCUT2D eigenvalue weighted by atomic mass is 79.9. The summed E-state index contributed by atoms with van der Waals surface area (Å²) >= 11 is 3.40. The van der Waals surface area contributed by atoms with Gasteiger partial charge in [0.15, 0.2) is 0 Å². The molecule has 0 bridgehead atoms. The number of nitrogens with zero attached hydrogens (tertiary/aromatic N) is 2. The van der Waals surface area contributed by atoms with Crippen molar-refractivity contribution in [3.63, 3.8) is 0 Å². The topological polar surface area (TPSA) is 35.0 Å². The van der Waals surface area contributed by atoms with E-state index in [0.29, 0.717) is 5.88 Å². The van der Waals surface area contributed by atoms with Gasteiger partial charge < -0.3 is 4.74 Å². The molecule has 1 aromatic heterocycles. The van der Waals surface area contributed by atoms with Crippen LogP contribution in [0.25, 0.3) is 21.8 Å². The maximum absolute atomic E-state index is 5.76. The summed E-state index contributed by atoms with van der Waals surface area (Å²) in [7, 11) is 0.